The molecule has 58 heavy (non-hydrogen) atoms. The number of hydrogen-bond acceptors (Lipinski definition) is 2. The van der Waals surface area contributed by atoms with E-state index >= 15 is 0 Å². The van der Waals surface area contributed by atoms with E-state index in [9.17, 15) is 0 Å². The van der Waals surface area contributed by atoms with E-state index in [2.05, 4.69) is 215 Å². The molecule has 9 aromatic carbocycles. The summed E-state index contributed by atoms with van der Waals surface area (Å²) < 4.78 is 4.80. The van der Waals surface area contributed by atoms with Crippen molar-refractivity contribution in [3.8, 4) is 45.3 Å². The lowest BCUT2D eigenvalue weighted by atomic mass is 10.0. The first kappa shape index (κ1) is 32.4. The minimum absolute atomic E-state index is 0.674. The molecule has 0 spiro atoms. The standard InChI is InChI=1S/C54H34N4/c1-3-16-36(17-4-1)47-34-48(39-28-29-44-42-23-11-13-25-49(42)57(51(44)33-39)40-20-5-2-6-21-40)56-54(55-47)45-30-27-35-15-9-10-22-41(35)53(45)58-50-26-14-12-24-43(50)46-31-37-18-7-8-19-38(37)32-52(46)58/h1-34H. The van der Waals surface area contributed by atoms with Crippen molar-refractivity contribution in [3.63, 3.8) is 0 Å². The van der Waals surface area contributed by atoms with E-state index in [1.807, 2.05) is 0 Å². The Balaban J connectivity index is 1.16. The molecule has 270 valence electrons. The van der Waals surface area contributed by atoms with Crippen molar-refractivity contribution in [2.24, 2.45) is 0 Å². The van der Waals surface area contributed by atoms with Crippen molar-refractivity contribution in [1.82, 2.24) is 19.1 Å². The van der Waals surface area contributed by atoms with E-state index < -0.39 is 0 Å². The Morgan fingerprint density at radius 3 is 1.62 bits per heavy atom. The van der Waals surface area contributed by atoms with Crippen LogP contribution < -0.4 is 0 Å². The Morgan fingerprint density at radius 2 is 0.862 bits per heavy atom. The maximum absolute atomic E-state index is 5.52. The first-order valence-electron chi connectivity index (χ1n) is 19.7. The van der Waals surface area contributed by atoms with Crippen LogP contribution >= 0.6 is 0 Å². The average Bonchev–Trinajstić information content (AvgIpc) is 3.80. The second-order valence-corrected chi connectivity index (χ2v) is 15.0. The fourth-order valence-corrected chi connectivity index (χ4v) is 9.03. The largest absolute Gasteiger partial charge is 0.309 e. The van der Waals surface area contributed by atoms with Crippen LogP contribution in [0.25, 0.3) is 110 Å². The summed E-state index contributed by atoms with van der Waals surface area (Å²) in [6, 6.07) is 73.8. The Labute approximate surface area is 334 Å². The third kappa shape index (κ3) is 5.02. The summed E-state index contributed by atoms with van der Waals surface area (Å²) in [7, 11) is 0. The van der Waals surface area contributed by atoms with Gasteiger partial charge in [-0.1, -0.05) is 152 Å². The van der Waals surface area contributed by atoms with Crippen LogP contribution in [-0.2, 0) is 0 Å². The SMILES string of the molecule is c1ccc(-c2cc(-c3ccc4c5ccccc5n(-c5ccccc5)c4c3)nc(-c3ccc4ccccc4c3-n3c4ccccc4c4cc5ccccc5cc43)n2)cc1. The zero-order chi connectivity index (χ0) is 38.2. The van der Waals surface area contributed by atoms with Crippen LogP contribution in [0.5, 0.6) is 0 Å². The zero-order valence-electron chi connectivity index (χ0n) is 31.4. The summed E-state index contributed by atoms with van der Waals surface area (Å²) in [5, 5.41) is 9.58. The molecule has 12 aromatic rings. The predicted molar refractivity (Wildman–Crippen MR) is 242 cm³/mol. The van der Waals surface area contributed by atoms with Crippen LogP contribution in [0, 0.1) is 0 Å². The van der Waals surface area contributed by atoms with Gasteiger partial charge < -0.3 is 9.13 Å². The topological polar surface area (TPSA) is 35.6 Å². The molecular weight excluding hydrogens is 705 g/mol. The summed E-state index contributed by atoms with van der Waals surface area (Å²) in [4.78, 5) is 10.9. The van der Waals surface area contributed by atoms with E-state index in [4.69, 9.17) is 9.97 Å². The molecule has 12 rings (SSSR count). The molecule has 0 unspecified atom stereocenters. The van der Waals surface area contributed by atoms with Gasteiger partial charge in [0, 0.05) is 49.3 Å². The molecule has 0 saturated carbocycles. The minimum atomic E-state index is 0.674. The lowest BCUT2D eigenvalue weighted by Gasteiger charge is -2.18. The molecule has 3 aromatic heterocycles. The fraction of sp³-hybridized carbons (Fsp3) is 0. The summed E-state index contributed by atoms with van der Waals surface area (Å²) >= 11 is 0. The molecule has 0 bridgehead atoms. The number of para-hydroxylation sites is 3. The number of fused-ring (bicyclic) bond motifs is 8. The van der Waals surface area contributed by atoms with Gasteiger partial charge in [0.05, 0.1) is 39.1 Å². The average molecular weight is 739 g/mol. The number of aromatic nitrogens is 4. The Hall–Kier alpha value is -7.82. The van der Waals surface area contributed by atoms with Gasteiger partial charge in [-0.25, -0.2) is 9.97 Å². The van der Waals surface area contributed by atoms with Crippen molar-refractivity contribution in [3.05, 3.63) is 206 Å². The zero-order valence-corrected chi connectivity index (χ0v) is 31.4. The molecule has 0 fully saturated rings. The van der Waals surface area contributed by atoms with Gasteiger partial charge >= 0.3 is 0 Å². The lowest BCUT2D eigenvalue weighted by molar-refractivity contribution is 1.15. The van der Waals surface area contributed by atoms with Crippen molar-refractivity contribution >= 4 is 65.2 Å². The monoisotopic (exact) mass is 738 g/mol. The van der Waals surface area contributed by atoms with Crippen LogP contribution in [0.15, 0.2) is 206 Å². The lowest BCUT2D eigenvalue weighted by Crippen LogP contribution is -2.03. The quantitative estimate of drug-likeness (QED) is 0.176. The number of benzene rings is 9. The van der Waals surface area contributed by atoms with Gasteiger partial charge in [-0.05, 0) is 70.8 Å². The Morgan fingerprint density at radius 1 is 0.310 bits per heavy atom. The van der Waals surface area contributed by atoms with E-state index in [1.165, 1.54) is 37.8 Å². The molecule has 4 nitrogen and oxygen atoms in total. The van der Waals surface area contributed by atoms with E-state index in [1.54, 1.807) is 0 Å². The van der Waals surface area contributed by atoms with E-state index in [0.717, 1.165) is 66.8 Å². The van der Waals surface area contributed by atoms with E-state index in [0.29, 0.717) is 5.82 Å². The van der Waals surface area contributed by atoms with Gasteiger partial charge in [0.2, 0.25) is 0 Å². The first-order valence-corrected chi connectivity index (χ1v) is 19.7. The second kappa shape index (κ2) is 12.9. The molecular formula is C54H34N4. The molecule has 4 heteroatoms. The molecule has 3 heterocycles. The molecule has 0 amide bonds. The highest BCUT2D eigenvalue weighted by molar-refractivity contribution is 6.15. The summed E-state index contributed by atoms with van der Waals surface area (Å²) in [6.45, 7) is 0. The summed E-state index contributed by atoms with van der Waals surface area (Å²) in [5.74, 6) is 0.674. The van der Waals surface area contributed by atoms with Gasteiger partial charge in [0.1, 0.15) is 0 Å². The molecule has 0 saturated heterocycles. The normalized spacial score (nSPS) is 11.8. The van der Waals surface area contributed by atoms with Crippen LogP contribution in [0.2, 0.25) is 0 Å². The maximum atomic E-state index is 5.52. The first-order chi connectivity index (χ1) is 28.8. The third-order valence-corrected chi connectivity index (χ3v) is 11.7. The molecule has 0 radical (unpaired) electrons. The highest BCUT2D eigenvalue weighted by Gasteiger charge is 2.22. The van der Waals surface area contributed by atoms with Crippen molar-refractivity contribution < 1.29 is 0 Å². The van der Waals surface area contributed by atoms with Crippen molar-refractivity contribution in [1.29, 1.82) is 0 Å². The second-order valence-electron chi connectivity index (χ2n) is 15.0. The van der Waals surface area contributed by atoms with Gasteiger partial charge in [-0.15, -0.1) is 0 Å². The van der Waals surface area contributed by atoms with Crippen LogP contribution in [0.3, 0.4) is 0 Å². The van der Waals surface area contributed by atoms with Gasteiger partial charge in [0.15, 0.2) is 5.82 Å². The maximum Gasteiger partial charge on any atom is 0.162 e. The predicted octanol–water partition coefficient (Wildman–Crippen LogP) is 14.0. The number of hydrogen-bond donors (Lipinski definition) is 0. The molecule has 0 atom stereocenters. The summed E-state index contributed by atoms with van der Waals surface area (Å²) in [5.41, 5.74) is 11.6. The molecule has 0 N–H and O–H groups in total. The fourth-order valence-electron chi connectivity index (χ4n) is 9.03. The number of nitrogens with zero attached hydrogens (tertiary/aromatic N) is 4. The Bertz CT molecular complexity index is 3560. The highest BCUT2D eigenvalue weighted by Crippen LogP contribution is 2.42. The molecule has 0 aliphatic carbocycles. The van der Waals surface area contributed by atoms with Crippen LogP contribution in [0.1, 0.15) is 0 Å². The molecule has 0 aliphatic rings. The Kier molecular flexibility index (Phi) is 7.20. The van der Waals surface area contributed by atoms with Crippen LogP contribution in [-0.4, -0.2) is 19.1 Å². The van der Waals surface area contributed by atoms with Gasteiger partial charge in [0.25, 0.3) is 0 Å². The van der Waals surface area contributed by atoms with Crippen LogP contribution in [0.4, 0.5) is 0 Å². The van der Waals surface area contributed by atoms with Crippen molar-refractivity contribution in [2.45, 2.75) is 0 Å². The third-order valence-electron chi connectivity index (χ3n) is 11.7. The van der Waals surface area contributed by atoms with Crippen molar-refractivity contribution in [2.75, 3.05) is 0 Å². The minimum Gasteiger partial charge on any atom is -0.309 e. The van der Waals surface area contributed by atoms with E-state index in [-0.39, 0.29) is 0 Å². The van der Waals surface area contributed by atoms with Gasteiger partial charge in [-0.3, -0.25) is 0 Å². The highest BCUT2D eigenvalue weighted by atomic mass is 15.0. The molecule has 0 aliphatic heterocycles. The summed E-state index contributed by atoms with van der Waals surface area (Å²) in [6.07, 6.45) is 0. The number of rotatable bonds is 5. The smallest absolute Gasteiger partial charge is 0.162 e. The van der Waals surface area contributed by atoms with Gasteiger partial charge in [-0.2, -0.15) is 0 Å².